The van der Waals surface area contributed by atoms with Crippen molar-refractivity contribution in [2.24, 2.45) is 0 Å². The SMILES string of the molecule is C=CCN1c2ccccc2O[C@@]1(CCCC)C(F)(F)C1(O)CCCCC1. The molecule has 3 nitrogen and oxygen atoms in total. The van der Waals surface area contributed by atoms with Gasteiger partial charge in [-0.15, -0.1) is 6.58 Å². The first-order chi connectivity index (χ1) is 12.4. The second-order valence-electron chi connectivity index (χ2n) is 7.52. The number of halogens is 2. The topological polar surface area (TPSA) is 32.7 Å². The summed E-state index contributed by atoms with van der Waals surface area (Å²) in [6, 6.07) is 7.13. The molecule has 2 aliphatic rings. The molecule has 1 fully saturated rings. The van der Waals surface area contributed by atoms with Crippen LogP contribution in [-0.2, 0) is 0 Å². The van der Waals surface area contributed by atoms with Crippen molar-refractivity contribution in [3.8, 4) is 5.75 Å². The maximum atomic E-state index is 16.1. The number of aliphatic hydroxyl groups is 1. The van der Waals surface area contributed by atoms with Gasteiger partial charge in [0.05, 0.1) is 5.69 Å². The number of hydrogen-bond donors (Lipinski definition) is 1. The first-order valence-corrected chi connectivity index (χ1v) is 9.68. The van der Waals surface area contributed by atoms with E-state index in [1.54, 1.807) is 29.2 Å². The van der Waals surface area contributed by atoms with Gasteiger partial charge in [-0.2, -0.15) is 8.78 Å². The molecule has 0 radical (unpaired) electrons. The lowest BCUT2D eigenvalue weighted by Gasteiger charge is -2.50. The number of alkyl halides is 2. The second kappa shape index (κ2) is 7.18. The van der Waals surface area contributed by atoms with Gasteiger partial charge in [-0.25, -0.2) is 0 Å². The van der Waals surface area contributed by atoms with Crippen molar-refractivity contribution in [2.45, 2.75) is 75.5 Å². The molecule has 0 amide bonds. The van der Waals surface area contributed by atoms with Crippen LogP contribution in [0.3, 0.4) is 0 Å². The Morgan fingerprint density at radius 3 is 2.62 bits per heavy atom. The Labute approximate surface area is 154 Å². The van der Waals surface area contributed by atoms with Gasteiger partial charge in [0, 0.05) is 13.0 Å². The molecular weight excluding hydrogens is 336 g/mol. The standard InChI is InChI=1S/C21H29F2NO2/c1-3-5-15-20(21(22,23)19(25)13-9-6-10-14-19)24(16-4-2)17-11-7-8-12-18(17)26-20/h4,7-8,11-12,25H,2-3,5-6,9-10,13-16H2,1H3/t20-/m0/s1. The molecule has 1 aliphatic carbocycles. The van der Waals surface area contributed by atoms with Crippen LogP contribution in [0.25, 0.3) is 0 Å². The lowest BCUT2D eigenvalue weighted by molar-refractivity contribution is -0.271. The molecule has 1 heterocycles. The minimum absolute atomic E-state index is 0.107. The normalized spacial score (nSPS) is 24.8. The van der Waals surface area contributed by atoms with E-state index in [1.807, 2.05) is 13.0 Å². The van der Waals surface area contributed by atoms with E-state index in [4.69, 9.17) is 4.74 Å². The molecule has 5 heteroatoms. The van der Waals surface area contributed by atoms with Crippen LogP contribution in [0.5, 0.6) is 5.75 Å². The van der Waals surface area contributed by atoms with E-state index in [-0.39, 0.29) is 25.8 Å². The average Bonchev–Trinajstić information content (AvgIpc) is 2.96. The van der Waals surface area contributed by atoms with Crippen LogP contribution in [0.2, 0.25) is 0 Å². The Hall–Kier alpha value is -1.62. The zero-order valence-corrected chi connectivity index (χ0v) is 15.5. The first-order valence-electron chi connectivity index (χ1n) is 9.68. The number of nitrogens with zero attached hydrogens (tertiary/aromatic N) is 1. The monoisotopic (exact) mass is 365 g/mol. The van der Waals surface area contributed by atoms with Gasteiger partial charge >= 0.3 is 5.92 Å². The minimum atomic E-state index is -3.41. The van der Waals surface area contributed by atoms with Crippen molar-refractivity contribution in [2.75, 3.05) is 11.4 Å². The van der Waals surface area contributed by atoms with Gasteiger partial charge in [0.1, 0.15) is 11.4 Å². The van der Waals surface area contributed by atoms with E-state index < -0.39 is 17.2 Å². The van der Waals surface area contributed by atoms with Crippen LogP contribution in [0.4, 0.5) is 14.5 Å². The minimum Gasteiger partial charge on any atom is -0.459 e. The fourth-order valence-electron chi connectivity index (χ4n) is 4.38. The Morgan fingerprint density at radius 2 is 1.96 bits per heavy atom. The summed E-state index contributed by atoms with van der Waals surface area (Å²) in [5.41, 5.74) is -3.28. The number of anilines is 1. The first kappa shape index (κ1) is 19.2. The Morgan fingerprint density at radius 1 is 1.27 bits per heavy atom. The second-order valence-corrected chi connectivity index (χ2v) is 7.52. The van der Waals surface area contributed by atoms with E-state index >= 15 is 8.78 Å². The van der Waals surface area contributed by atoms with Gasteiger partial charge < -0.3 is 14.7 Å². The highest BCUT2D eigenvalue weighted by molar-refractivity contribution is 5.65. The van der Waals surface area contributed by atoms with Crippen molar-refractivity contribution in [1.29, 1.82) is 0 Å². The zero-order chi connectivity index (χ0) is 18.8. The van der Waals surface area contributed by atoms with Crippen molar-refractivity contribution < 1.29 is 18.6 Å². The largest absolute Gasteiger partial charge is 0.459 e. The van der Waals surface area contributed by atoms with Crippen LogP contribution in [-0.4, -0.2) is 28.9 Å². The summed E-state index contributed by atoms with van der Waals surface area (Å²) in [7, 11) is 0. The third-order valence-corrected chi connectivity index (χ3v) is 5.81. The zero-order valence-electron chi connectivity index (χ0n) is 15.5. The van der Waals surface area contributed by atoms with Crippen LogP contribution in [0.1, 0.15) is 58.3 Å². The highest BCUT2D eigenvalue weighted by Crippen LogP contribution is 2.56. The Balaban J connectivity index is 2.10. The van der Waals surface area contributed by atoms with Crippen LogP contribution in [0, 0.1) is 0 Å². The molecule has 0 unspecified atom stereocenters. The highest BCUT2D eigenvalue weighted by atomic mass is 19.3. The van der Waals surface area contributed by atoms with Gasteiger partial charge in [0.2, 0.25) is 5.72 Å². The van der Waals surface area contributed by atoms with E-state index in [9.17, 15) is 5.11 Å². The molecule has 26 heavy (non-hydrogen) atoms. The van der Waals surface area contributed by atoms with Crippen LogP contribution >= 0.6 is 0 Å². The third-order valence-electron chi connectivity index (χ3n) is 5.81. The molecule has 1 aliphatic heterocycles. The van der Waals surface area contributed by atoms with Crippen molar-refractivity contribution in [3.63, 3.8) is 0 Å². The fourth-order valence-corrected chi connectivity index (χ4v) is 4.38. The number of ether oxygens (including phenoxy) is 1. The summed E-state index contributed by atoms with van der Waals surface area (Å²) in [5, 5.41) is 11.0. The summed E-state index contributed by atoms with van der Waals surface area (Å²) in [6.45, 7) is 5.97. The maximum absolute atomic E-state index is 16.1. The predicted octanol–water partition coefficient (Wildman–Crippen LogP) is 5.29. The summed E-state index contributed by atoms with van der Waals surface area (Å²) in [4.78, 5) is 1.61. The molecule has 3 rings (SSSR count). The molecule has 1 saturated carbocycles. The van der Waals surface area contributed by atoms with Crippen molar-refractivity contribution >= 4 is 5.69 Å². The van der Waals surface area contributed by atoms with E-state index in [0.29, 0.717) is 30.7 Å². The number of benzene rings is 1. The van der Waals surface area contributed by atoms with Gasteiger partial charge in [-0.05, 0) is 31.4 Å². The Kier molecular flexibility index (Phi) is 5.29. The molecule has 144 valence electrons. The molecule has 0 saturated heterocycles. The quantitative estimate of drug-likeness (QED) is 0.667. The molecule has 0 aromatic heterocycles. The van der Waals surface area contributed by atoms with Crippen molar-refractivity contribution in [3.05, 3.63) is 36.9 Å². The maximum Gasteiger partial charge on any atom is 0.333 e. The fraction of sp³-hybridized carbons (Fsp3) is 0.619. The van der Waals surface area contributed by atoms with E-state index in [2.05, 4.69) is 6.58 Å². The summed E-state index contributed by atoms with van der Waals surface area (Å²) in [5.74, 6) is -2.96. The summed E-state index contributed by atoms with van der Waals surface area (Å²) in [6.07, 6.45) is 5.47. The molecule has 0 spiro atoms. The van der Waals surface area contributed by atoms with Gasteiger partial charge in [-0.3, -0.25) is 0 Å². The third kappa shape index (κ3) is 2.81. The number of para-hydroxylation sites is 2. The van der Waals surface area contributed by atoms with Crippen LogP contribution in [0.15, 0.2) is 36.9 Å². The van der Waals surface area contributed by atoms with E-state index in [0.717, 1.165) is 12.8 Å². The lowest BCUT2D eigenvalue weighted by atomic mass is 9.74. The van der Waals surface area contributed by atoms with Gasteiger partial charge in [-0.1, -0.05) is 50.8 Å². The molecular formula is C21H29F2NO2. The summed E-state index contributed by atoms with van der Waals surface area (Å²) < 4.78 is 38.1. The Bertz CT molecular complexity index is 643. The van der Waals surface area contributed by atoms with Gasteiger partial charge in [0.15, 0.2) is 0 Å². The smallest absolute Gasteiger partial charge is 0.333 e. The molecule has 1 aromatic carbocycles. The number of hydrogen-bond acceptors (Lipinski definition) is 3. The van der Waals surface area contributed by atoms with Gasteiger partial charge in [0.25, 0.3) is 0 Å². The van der Waals surface area contributed by atoms with Crippen LogP contribution < -0.4 is 9.64 Å². The molecule has 0 bridgehead atoms. The number of unbranched alkanes of at least 4 members (excludes halogenated alkanes) is 1. The number of fused-ring (bicyclic) bond motifs is 1. The highest BCUT2D eigenvalue weighted by Gasteiger charge is 2.71. The predicted molar refractivity (Wildman–Crippen MR) is 99.9 cm³/mol. The molecule has 1 aromatic rings. The summed E-state index contributed by atoms with van der Waals surface area (Å²) >= 11 is 0. The average molecular weight is 365 g/mol. The lowest BCUT2D eigenvalue weighted by Crippen LogP contribution is -2.71. The molecule has 1 atom stereocenters. The van der Waals surface area contributed by atoms with Crippen molar-refractivity contribution in [1.82, 2.24) is 0 Å². The molecule has 1 N–H and O–H groups in total. The number of rotatable bonds is 7. The van der Waals surface area contributed by atoms with E-state index in [1.165, 1.54) is 0 Å².